The molecule has 3 rings (SSSR count). The number of nitrogens with zero attached hydrogens (tertiary/aromatic N) is 1. The quantitative estimate of drug-likeness (QED) is 0.928. The summed E-state index contributed by atoms with van der Waals surface area (Å²) in [5, 5.41) is 2.43. The van der Waals surface area contributed by atoms with Crippen molar-refractivity contribution in [2.75, 3.05) is 13.1 Å². The molecule has 2 amide bonds. The van der Waals surface area contributed by atoms with Crippen LogP contribution in [0.1, 0.15) is 12.0 Å². The van der Waals surface area contributed by atoms with Gasteiger partial charge in [0.2, 0.25) is 11.8 Å². The molecule has 0 aliphatic carbocycles. The first-order valence-corrected chi connectivity index (χ1v) is 7.19. The van der Waals surface area contributed by atoms with E-state index in [0.29, 0.717) is 13.1 Å². The summed E-state index contributed by atoms with van der Waals surface area (Å²) in [6, 6.07) is 14.4. The van der Waals surface area contributed by atoms with Gasteiger partial charge in [0.05, 0.1) is 5.92 Å². The number of likely N-dealkylation sites (tertiary alicyclic amines) is 1. The van der Waals surface area contributed by atoms with Gasteiger partial charge in [-0.1, -0.05) is 42.5 Å². The maximum absolute atomic E-state index is 11.9. The minimum Gasteiger partial charge on any atom is -0.369 e. The van der Waals surface area contributed by atoms with E-state index in [0.717, 1.165) is 6.42 Å². The number of hydrogen-bond acceptors (Lipinski definition) is 2. The Kier molecular flexibility index (Phi) is 3.60. The van der Waals surface area contributed by atoms with E-state index >= 15 is 0 Å². The highest BCUT2D eigenvalue weighted by atomic mass is 16.2. The van der Waals surface area contributed by atoms with E-state index < -0.39 is 0 Å². The fraction of sp³-hybridized carbons (Fsp3) is 0.294. The van der Waals surface area contributed by atoms with E-state index in [4.69, 9.17) is 5.73 Å². The maximum atomic E-state index is 11.9. The van der Waals surface area contributed by atoms with Crippen molar-refractivity contribution >= 4 is 22.6 Å². The number of primary amides is 1. The molecule has 21 heavy (non-hydrogen) atoms. The maximum Gasteiger partial charge on any atom is 0.223 e. The van der Waals surface area contributed by atoms with E-state index in [1.54, 1.807) is 4.90 Å². The summed E-state index contributed by atoms with van der Waals surface area (Å²) in [5.41, 5.74) is 6.51. The molecule has 0 aromatic heterocycles. The largest absolute Gasteiger partial charge is 0.369 e. The van der Waals surface area contributed by atoms with Gasteiger partial charge in [-0.2, -0.15) is 0 Å². The van der Waals surface area contributed by atoms with Crippen LogP contribution in [0.2, 0.25) is 0 Å². The predicted octanol–water partition coefficient (Wildman–Crippen LogP) is 1.72. The number of rotatable bonds is 4. The highest BCUT2D eigenvalue weighted by Crippen LogP contribution is 2.21. The van der Waals surface area contributed by atoms with E-state index in [1.165, 1.54) is 16.3 Å². The van der Waals surface area contributed by atoms with Crippen molar-refractivity contribution in [1.29, 1.82) is 0 Å². The van der Waals surface area contributed by atoms with Crippen LogP contribution in [0.5, 0.6) is 0 Å². The SMILES string of the molecule is NC(=O)C1CC(=O)N(CCc2cccc3ccccc23)C1. The zero-order valence-electron chi connectivity index (χ0n) is 11.8. The van der Waals surface area contributed by atoms with Gasteiger partial charge < -0.3 is 10.6 Å². The molecule has 2 N–H and O–H groups in total. The van der Waals surface area contributed by atoms with Crippen LogP contribution in [0.3, 0.4) is 0 Å². The molecule has 1 aliphatic heterocycles. The number of nitrogens with two attached hydrogens (primary N) is 1. The molecule has 1 aliphatic rings. The summed E-state index contributed by atoms with van der Waals surface area (Å²) in [7, 11) is 0. The molecule has 4 nitrogen and oxygen atoms in total. The molecule has 0 radical (unpaired) electrons. The Labute approximate surface area is 123 Å². The lowest BCUT2D eigenvalue weighted by atomic mass is 10.0. The van der Waals surface area contributed by atoms with Crippen LogP contribution in [0.15, 0.2) is 42.5 Å². The minimum atomic E-state index is -0.379. The number of amides is 2. The molecule has 0 spiro atoms. The summed E-state index contributed by atoms with van der Waals surface area (Å²) < 4.78 is 0. The van der Waals surface area contributed by atoms with Crippen LogP contribution >= 0.6 is 0 Å². The summed E-state index contributed by atoms with van der Waals surface area (Å²) >= 11 is 0. The van der Waals surface area contributed by atoms with Crippen LogP contribution in [-0.2, 0) is 16.0 Å². The smallest absolute Gasteiger partial charge is 0.223 e. The summed E-state index contributed by atoms with van der Waals surface area (Å²) in [6.07, 6.45) is 1.05. The van der Waals surface area contributed by atoms with Crippen molar-refractivity contribution in [3.8, 4) is 0 Å². The number of fused-ring (bicyclic) bond motifs is 1. The molecule has 1 fully saturated rings. The first kappa shape index (κ1) is 13.6. The van der Waals surface area contributed by atoms with Gasteiger partial charge in [0.1, 0.15) is 0 Å². The summed E-state index contributed by atoms with van der Waals surface area (Å²) in [5.74, 6) is -0.680. The van der Waals surface area contributed by atoms with Gasteiger partial charge in [-0.15, -0.1) is 0 Å². The van der Waals surface area contributed by atoms with Crippen molar-refractivity contribution < 1.29 is 9.59 Å². The topological polar surface area (TPSA) is 63.4 Å². The number of hydrogen-bond donors (Lipinski definition) is 1. The number of carbonyl (C=O) groups excluding carboxylic acids is 2. The molecule has 0 saturated carbocycles. The van der Waals surface area contributed by atoms with E-state index in [9.17, 15) is 9.59 Å². The van der Waals surface area contributed by atoms with Crippen molar-refractivity contribution in [3.63, 3.8) is 0 Å². The fourth-order valence-corrected chi connectivity index (χ4v) is 2.94. The van der Waals surface area contributed by atoms with Crippen molar-refractivity contribution in [1.82, 2.24) is 4.90 Å². The van der Waals surface area contributed by atoms with Crippen LogP contribution in [0.4, 0.5) is 0 Å². The zero-order valence-corrected chi connectivity index (χ0v) is 11.8. The van der Waals surface area contributed by atoms with Crippen LogP contribution in [0, 0.1) is 5.92 Å². The van der Waals surface area contributed by atoms with Gasteiger partial charge in [-0.25, -0.2) is 0 Å². The highest BCUT2D eigenvalue weighted by molar-refractivity contribution is 5.88. The van der Waals surface area contributed by atoms with Gasteiger partial charge in [0, 0.05) is 19.5 Å². The molecule has 2 aromatic rings. The molecule has 1 heterocycles. The average Bonchev–Trinajstić information content (AvgIpc) is 2.86. The second-order valence-electron chi connectivity index (χ2n) is 5.53. The predicted molar refractivity (Wildman–Crippen MR) is 81.5 cm³/mol. The molecule has 2 aromatic carbocycles. The Bertz CT molecular complexity index is 691. The molecule has 0 bridgehead atoms. The Morgan fingerprint density at radius 2 is 1.95 bits per heavy atom. The third-order valence-electron chi connectivity index (χ3n) is 4.15. The monoisotopic (exact) mass is 282 g/mol. The molecule has 1 atom stereocenters. The van der Waals surface area contributed by atoms with Crippen molar-refractivity contribution in [2.24, 2.45) is 11.7 Å². The van der Waals surface area contributed by atoms with E-state index in [-0.39, 0.29) is 24.2 Å². The van der Waals surface area contributed by atoms with Gasteiger partial charge in [0.25, 0.3) is 0 Å². The van der Waals surface area contributed by atoms with Crippen LogP contribution < -0.4 is 5.73 Å². The minimum absolute atomic E-state index is 0.0269. The Morgan fingerprint density at radius 3 is 2.71 bits per heavy atom. The lowest BCUT2D eigenvalue weighted by Gasteiger charge is -2.16. The number of carbonyl (C=O) groups is 2. The number of benzene rings is 2. The first-order chi connectivity index (χ1) is 10.1. The molecular weight excluding hydrogens is 264 g/mol. The summed E-state index contributed by atoms with van der Waals surface area (Å²) in [4.78, 5) is 24.8. The zero-order chi connectivity index (χ0) is 14.8. The Balaban J connectivity index is 1.73. The lowest BCUT2D eigenvalue weighted by Crippen LogP contribution is -2.30. The average molecular weight is 282 g/mol. The van der Waals surface area contributed by atoms with Gasteiger partial charge in [-0.3, -0.25) is 9.59 Å². The van der Waals surface area contributed by atoms with Crippen LogP contribution in [0.25, 0.3) is 10.8 Å². The van der Waals surface area contributed by atoms with Crippen molar-refractivity contribution in [3.05, 3.63) is 48.0 Å². The molecular formula is C17H18N2O2. The first-order valence-electron chi connectivity index (χ1n) is 7.19. The summed E-state index contributed by atoms with van der Waals surface area (Å²) in [6.45, 7) is 1.09. The Hall–Kier alpha value is -2.36. The third kappa shape index (κ3) is 2.75. The molecule has 1 unspecified atom stereocenters. The van der Waals surface area contributed by atoms with Gasteiger partial charge in [0.15, 0.2) is 0 Å². The Morgan fingerprint density at radius 1 is 1.19 bits per heavy atom. The third-order valence-corrected chi connectivity index (χ3v) is 4.15. The highest BCUT2D eigenvalue weighted by Gasteiger charge is 2.32. The molecule has 1 saturated heterocycles. The van der Waals surface area contributed by atoms with E-state index in [2.05, 4.69) is 24.3 Å². The second-order valence-corrected chi connectivity index (χ2v) is 5.53. The normalized spacial score (nSPS) is 18.4. The van der Waals surface area contributed by atoms with Crippen molar-refractivity contribution in [2.45, 2.75) is 12.8 Å². The standard InChI is InChI=1S/C17H18N2O2/c18-17(21)14-10-16(20)19(11-14)9-8-13-6-3-5-12-4-1-2-7-15(12)13/h1-7,14H,8-11H2,(H2,18,21). The second kappa shape index (κ2) is 5.56. The lowest BCUT2D eigenvalue weighted by molar-refractivity contribution is -0.128. The molecule has 4 heteroatoms. The van der Waals surface area contributed by atoms with E-state index in [1.807, 2.05) is 18.2 Å². The van der Waals surface area contributed by atoms with Gasteiger partial charge >= 0.3 is 0 Å². The van der Waals surface area contributed by atoms with Crippen LogP contribution in [-0.4, -0.2) is 29.8 Å². The molecule has 108 valence electrons. The van der Waals surface area contributed by atoms with Gasteiger partial charge in [-0.05, 0) is 22.8 Å². The fourth-order valence-electron chi connectivity index (χ4n) is 2.94.